The molecule has 29 heavy (non-hydrogen) atoms. The molecule has 0 unspecified atom stereocenters. The number of benzene rings is 1. The summed E-state index contributed by atoms with van der Waals surface area (Å²) in [5.41, 5.74) is 0.825. The van der Waals surface area contributed by atoms with Crippen molar-refractivity contribution in [1.82, 2.24) is 19.3 Å². The van der Waals surface area contributed by atoms with Crippen molar-refractivity contribution in [2.45, 2.75) is 18.6 Å². The molecular weight excluding hydrogens is 414 g/mol. The van der Waals surface area contributed by atoms with Crippen LogP contribution in [0.1, 0.15) is 6.92 Å². The van der Waals surface area contributed by atoms with E-state index in [1.165, 1.54) is 18.9 Å². The molecule has 10 heteroatoms. The molecule has 0 bridgehead atoms. The highest BCUT2D eigenvalue weighted by molar-refractivity contribution is 7.99. The van der Waals surface area contributed by atoms with Crippen LogP contribution in [0.4, 0.5) is 5.69 Å². The van der Waals surface area contributed by atoms with E-state index in [-0.39, 0.29) is 17.2 Å². The summed E-state index contributed by atoms with van der Waals surface area (Å²) in [6.45, 7) is 2.47. The number of carbonyl (C=O) groups excluding carboxylic acids is 1. The molecule has 1 N–H and O–H groups in total. The van der Waals surface area contributed by atoms with Crippen LogP contribution in [0.3, 0.4) is 0 Å². The minimum Gasteiger partial charge on any atom is -0.495 e. The number of hydrogen-bond acceptors (Lipinski definition) is 6. The maximum Gasteiger partial charge on any atom is 0.261 e. The Balaban J connectivity index is 1.72. The quantitative estimate of drug-likeness (QED) is 0.576. The van der Waals surface area contributed by atoms with E-state index in [1.54, 1.807) is 52.7 Å². The lowest BCUT2D eigenvalue weighted by atomic mass is 10.2. The van der Waals surface area contributed by atoms with E-state index in [4.69, 9.17) is 16.3 Å². The van der Waals surface area contributed by atoms with Gasteiger partial charge in [0.25, 0.3) is 5.56 Å². The minimum absolute atomic E-state index is 0.107. The number of aromatic nitrogens is 4. The van der Waals surface area contributed by atoms with Gasteiger partial charge < -0.3 is 19.2 Å². The Bertz CT molecular complexity index is 1100. The van der Waals surface area contributed by atoms with Crippen molar-refractivity contribution in [3.8, 4) is 17.1 Å². The fourth-order valence-electron chi connectivity index (χ4n) is 2.73. The van der Waals surface area contributed by atoms with Crippen molar-refractivity contribution in [1.29, 1.82) is 0 Å². The van der Waals surface area contributed by atoms with Crippen LogP contribution >= 0.6 is 23.4 Å². The molecule has 0 aliphatic heterocycles. The number of nitrogens with zero attached hydrogens (tertiary/aromatic N) is 4. The number of amides is 1. The van der Waals surface area contributed by atoms with E-state index in [1.807, 2.05) is 6.92 Å². The van der Waals surface area contributed by atoms with Gasteiger partial charge in [-0.1, -0.05) is 23.4 Å². The maximum absolute atomic E-state index is 12.5. The average Bonchev–Trinajstić information content (AvgIpc) is 3.07. The van der Waals surface area contributed by atoms with Gasteiger partial charge in [-0.15, -0.1) is 10.2 Å². The van der Waals surface area contributed by atoms with E-state index >= 15 is 0 Å². The lowest BCUT2D eigenvalue weighted by molar-refractivity contribution is -0.113. The number of pyridine rings is 1. The second-order valence-electron chi connectivity index (χ2n) is 6.06. The summed E-state index contributed by atoms with van der Waals surface area (Å²) in [7, 11) is 3.28. The Morgan fingerprint density at radius 2 is 2.10 bits per heavy atom. The Labute approximate surface area is 176 Å². The molecule has 152 valence electrons. The van der Waals surface area contributed by atoms with Gasteiger partial charge in [0.05, 0.1) is 24.1 Å². The summed E-state index contributed by atoms with van der Waals surface area (Å²) in [6, 6.07) is 8.50. The van der Waals surface area contributed by atoms with Crippen molar-refractivity contribution in [2.24, 2.45) is 7.05 Å². The number of hydrogen-bond donors (Lipinski definition) is 1. The van der Waals surface area contributed by atoms with Crippen molar-refractivity contribution < 1.29 is 9.53 Å². The molecule has 0 fully saturated rings. The number of ether oxygens (including phenoxy) is 1. The predicted octanol–water partition coefficient (Wildman–Crippen LogP) is 3.06. The number of carbonyl (C=O) groups is 1. The van der Waals surface area contributed by atoms with Crippen LogP contribution in [0.2, 0.25) is 5.02 Å². The highest BCUT2D eigenvalue weighted by Crippen LogP contribution is 2.28. The standard InChI is InChI=1S/C19H20ClN5O3S/c1-4-25-9-5-6-13(18(25)27)17-22-23-19(24(17)2)29-11-16(26)21-14-10-12(20)7-8-15(14)28-3/h5-10H,4,11H2,1-3H3,(H,21,26). The van der Waals surface area contributed by atoms with Crippen LogP contribution in [-0.2, 0) is 18.4 Å². The second kappa shape index (κ2) is 9.15. The summed E-state index contributed by atoms with van der Waals surface area (Å²) >= 11 is 7.20. The number of halogens is 1. The molecule has 8 nitrogen and oxygen atoms in total. The molecule has 1 aromatic carbocycles. The molecule has 0 saturated carbocycles. The summed E-state index contributed by atoms with van der Waals surface area (Å²) < 4.78 is 8.53. The number of thioether (sulfide) groups is 1. The highest BCUT2D eigenvalue weighted by Gasteiger charge is 2.16. The Kier molecular flexibility index (Phi) is 6.60. The van der Waals surface area contributed by atoms with Gasteiger partial charge in [-0.05, 0) is 37.3 Å². The van der Waals surface area contributed by atoms with Crippen molar-refractivity contribution in [3.05, 3.63) is 51.9 Å². The normalized spacial score (nSPS) is 10.8. The Morgan fingerprint density at radius 3 is 2.83 bits per heavy atom. The topological polar surface area (TPSA) is 91.0 Å². The SMILES string of the molecule is CCn1cccc(-c2nnc(SCC(=O)Nc3cc(Cl)ccc3OC)n2C)c1=O. The van der Waals surface area contributed by atoms with Gasteiger partial charge in [0.2, 0.25) is 5.91 Å². The third-order valence-corrected chi connectivity index (χ3v) is 5.46. The minimum atomic E-state index is -0.242. The average molecular weight is 434 g/mol. The zero-order valence-corrected chi connectivity index (χ0v) is 17.8. The third-order valence-electron chi connectivity index (χ3n) is 4.20. The van der Waals surface area contributed by atoms with Gasteiger partial charge in [-0.25, -0.2) is 0 Å². The zero-order chi connectivity index (χ0) is 21.0. The number of methoxy groups -OCH3 is 1. The van der Waals surface area contributed by atoms with Crippen molar-refractivity contribution in [2.75, 3.05) is 18.2 Å². The fraction of sp³-hybridized carbons (Fsp3) is 0.263. The van der Waals surface area contributed by atoms with E-state index in [2.05, 4.69) is 15.5 Å². The molecule has 0 aliphatic rings. The molecule has 1 amide bonds. The third kappa shape index (κ3) is 4.63. The first kappa shape index (κ1) is 20.9. The van der Waals surface area contributed by atoms with Crippen LogP contribution in [0.5, 0.6) is 5.75 Å². The molecule has 2 heterocycles. The molecule has 3 rings (SSSR count). The van der Waals surface area contributed by atoms with E-state index in [9.17, 15) is 9.59 Å². The summed E-state index contributed by atoms with van der Waals surface area (Å²) in [5, 5.41) is 12.0. The number of aryl methyl sites for hydroxylation is 1. The molecule has 0 aliphatic carbocycles. The molecule has 3 aromatic rings. The fourth-order valence-corrected chi connectivity index (χ4v) is 3.61. The van der Waals surface area contributed by atoms with Gasteiger partial charge in [0, 0.05) is 24.8 Å². The smallest absolute Gasteiger partial charge is 0.261 e. The van der Waals surface area contributed by atoms with E-state index in [0.717, 1.165) is 0 Å². The lowest BCUT2D eigenvalue weighted by Gasteiger charge is -2.10. The molecule has 0 atom stereocenters. The largest absolute Gasteiger partial charge is 0.495 e. The first-order valence-corrected chi connectivity index (χ1v) is 10.2. The highest BCUT2D eigenvalue weighted by atomic mass is 35.5. The van der Waals surface area contributed by atoms with Crippen LogP contribution < -0.4 is 15.6 Å². The maximum atomic E-state index is 12.5. The van der Waals surface area contributed by atoms with Crippen LogP contribution in [0, 0.1) is 0 Å². The Morgan fingerprint density at radius 1 is 1.31 bits per heavy atom. The lowest BCUT2D eigenvalue weighted by Crippen LogP contribution is -2.20. The van der Waals surface area contributed by atoms with Crippen LogP contribution in [0.15, 0.2) is 46.5 Å². The van der Waals surface area contributed by atoms with E-state index in [0.29, 0.717) is 39.5 Å². The van der Waals surface area contributed by atoms with Crippen molar-refractivity contribution in [3.63, 3.8) is 0 Å². The van der Waals surface area contributed by atoms with Crippen molar-refractivity contribution >= 4 is 35.0 Å². The molecule has 0 spiro atoms. The summed E-state index contributed by atoms with van der Waals surface area (Å²) in [5.74, 6) is 0.839. The van der Waals surface area contributed by atoms with Gasteiger partial charge in [0.15, 0.2) is 11.0 Å². The van der Waals surface area contributed by atoms with Gasteiger partial charge in [-0.3, -0.25) is 9.59 Å². The zero-order valence-electron chi connectivity index (χ0n) is 16.2. The Hall–Kier alpha value is -2.78. The first-order chi connectivity index (χ1) is 13.9. The number of anilines is 1. The summed E-state index contributed by atoms with van der Waals surface area (Å²) in [4.78, 5) is 24.9. The van der Waals surface area contributed by atoms with E-state index < -0.39 is 0 Å². The monoisotopic (exact) mass is 433 g/mol. The van der Waals surface area contributed by atoms with Gasteiger partial charge >= 0.3 is 0 Å². The van der Waals surface area contributed by atoms with Crippen LogP contribution in [-0.4, -0.2) is 38.1 Å². The molecular formula is C19H20ClN5O3S. The van der Waals surface area contributed by atoms with Gasteiger partial charge in [0.1, 0.15) is 5.75 Å². The molecule has 0 radical (unpaired) electrons. The number of rotatable bonds is 7. The summed E-state index contributed by atoms with van der Waals surface area (Å²) in [6.07, 6.45) is 1.73. The first-order valence-electron chi connectivity index (χ1n) is 8.80. The second-order valence-corrected chi connectivity index (χ2v) is 7.44. The number of nitrogens with one attached hydrogen (secondary N) is 1. The molecule has 0 saturated heterocycles. The van der Waals surface area contributed by atoms with Crippen LogP contribution in [0.25, 0.3) is 11.4 Å². The van der Waals surface area contributed by atoms with Gasteiger partial charge in [-0.2, -0.15) is 0 Å². The predicted molar refractivity (Wildman–Crippen MR) is 114 cm³/mol. The molecule has 2 aromatic heterocycles.